The van der Waals surface area contributed by atoms with E-state index < -0.39 is 5.82 Å². The van der Waals surface area contributed by atoms with Crippen molar-refractivity contribution < 1.29 is 9.18 Å². The summed E-state index contributed by atoms with van der Waals surface area (Å²) in [5.74, 6) is 0.0682. The Hall–Kier alpha value is -2.38. The predicted octanol–water partition coefficient (Wildman–Crippen LogP) is 4.41. The highest BCUT2D eigenvalue weighted by Crippen LogP contribution is 2.22. The fraction of sp³-hybridized carbons (Fsp3) is 0.211. The van der Waals surface area contributed by atoms with Crippen LogP contribution in [0.2, 0.25) is 5.02 Å². The van der Waals surface area contributed by atoms with Crippen LogP contribution in [-0.4, -0.2) is 26.4 Å². The lowest BCUT2D eigenvalue weighted by Gasteiger charge is -2.08. The smallest absolute Gasteiger partial charge is 0.234 e. The number of hydrogen-bond acceptors (Lipinski definition) is 4. The zero-order valence-electron chi connectivity index (χ0n) is 14.7. The Labute approximate surface area is 166 Å². The van der Waals surface area contributed by atoms with Crippen LogP contribution in [0, 0.1) is 5.82 Å². The van der Waals surface area contributed by atoms with E-state index in [1.165, 1.54) is 30.0 Å². The monoisotopic (exact) mass is 404 g/mol. The van der Waals surface area contributed by atoms with Crippen molar-refractivity contribution in [3.8, 4) is 0 Å². The Bertz CT molecular complexity index is 933. The van der Waals surface area contributed by atoms with E-state index in [2.05, 4.69) is 15.5 Å². The molecule has 3 rings (SSSR count). The molecule has 0 unspecified atom stereocenters. The molecule has 0 radical (unpaired) electrons. The Morgan fingerprint density at radius 2 is 2.00 bits per heavy atom. The maximum atomic E-state index is 13.7. The van der Waals surface area contributed by atoms with Gasteiger partial charge in [0.2, 0.25) is 5.91 Å². The first-order valence-electron chi connectivity index (χ1n) is 8.40. The number of aromatic nitrogens is 3. The van der Waals surface area contributed by atoms with Crippen LogP contribution in [0.1, 0.15) is 18.3 Å². The highest BCUT2D eigenvalue weighted by molar-refractivity contribution is 7.99. The lowest BCUT2D eigenvalue weighted by molar-refractivity contribution is -0.113. The SMILES string of the molecule is CCn1c(Cc2ccccc2)nnc1SCC(=O)Nc1cc(Cl)ccc1F. The van der Waals surface area contributed by atoms with Crippen molar-refractivity contribution in [3.05, 3.63) is 70.8 Å². The van der Waals surface area contributed by atoms with Crippen LogP contribution in [0.25, 0.3) is 0 Å². The molecule has 0 aliphatic heterocycles. The lowest BCUT2D eigenvalue weighted by atomic mass is 10.1. The number of amides is 1. The maximum absolute atomic E-state index is 13.7. The molecular formula is C19H18ClFN4OS. The van der Waals surface area contributed by atoms with E-state index in [-0.39, 0.29) is 17.3 Å². The van der Waals surface area contributed by atoms with Gasteiger partial charge in [-0.05, 0) is 30.7 Å². The number of nitrogens with one attached hydrogen (secondary N) is 1. The van der Waals surface area contributed by atoms with Crippen LogP contribution < -0.4 is 5.32 Å². The average Bonchev–Trinajstić information content (AvgIpc) is 3.05. The molecule has 0 saturated carbocycles. The average molecular weight is 405 g/mol. The molecule has 8 heteroatoms. The zero-order valence-corrected chi connectivity index (χ0v) is 16.2. The second kappa shape index (κ2) is 9.01. The molecule has 1 N–H and O–H groups in total. The van der Waals surface area contributed by atoms with Crippen LogP contribution >= 0.6 is 23.4 Å². The maximum Gasteiger partial charge on any atom is 0.234 e. The third kappa shape index (κ3) is 5.08. The van der Waals surface area contributed by atoms with Gasteiger partial charge in [0.1, 0.15) is 11.6 Å². The number of anilines is 1. The van der Waals surface area contributed by atoms with Gasteiger partial charge in [-0.15, -0.1) is 10.2 Å². The van der Waals surface area contributed by atoms with E-state index in [1.807, 2.05) is 41.8 Å². The molecule has 0 spiro atoms. The molecule has 1 amide bonds. The van der Waals surface area contributed by atoms with E-state index in [1.54, 1.807) is 0 Å². The highest BCUT2D eigenvalue weighted by atomic mass is 35.5. The van der Waals surface area contributed by atoms with Gasteiger partial charge in [0.25, 0.3) is 0 Å². The van der Waals surface area contributed by atoms with E-state index in [9.17, 15) is 9.18 Å². The quantitative estimate of drug-likeness (QED) is 0.592. The van der Waals surface area contributed by atoms with Crippen molar-refractivity contribution in [2.45, 2.75) is 25.0 Å². The van der Waals surface area contributed by atoms with Gasteiger partial charge < -0.3 is 9.88 Å². The molecule has 5 nitrogen and oxygen atoms in total. The number of carbonyl (C=O) groups is 1. The van der Waals surface area contributed by atoms with Crippen LogP contribution in [0.4, 0.5) is 10.1 Å². The summed E-state index contributed by atoms with van der Waals surface area (Å²) >= 11 is 7.10. The summed E-state index contributed by atoms with van der Waals surface area (Å²) < 4.78 is 15.7. The summed E-state index contributed by atoms with van der Waals surface area (Å²) in [6.07, 6.45) is 0.669. The third-order valence-corrected chi connectivity index (χ3v) is 5.05. The first-order valence-corrected chi connectivity index (χ1v) is 9.77. The lowest BCUT2D eigenvalue weighted by Crippen LogP contribution is -2.15. The molecule has 1 aromatic heterocycles. The van der Waals surface area contributed by atoms with E-state index in [0.29, 0.717) is 23.1 Å². The minimum Gasteiger partial charge on any atom is -0.323 e. The Morgan fingerprint density at radius 3 is 2.74 bits per heavy atom. The van der Waals surface area contributed by atoms with Gasteiger partial charge in [-0.2, -0.15) is 0 Å². The molecule has 3 aromatic rings. The first kappa shape index (κ1) is 19.4. The Balaban J connectivity index is 1.64. The molecule has 140 valence electrons. The molecule has 27 heavy (non-hydrogen) atoms. The minimum absolute atomic E-state index is 0.0647. The summed E-state index contributed by atoms with van der Waals surface area (Å²) in [7, 11) is 0. The highest BCUT2D eigenvalue weighted by Gasteiger charge is 2.14. The molecule has 0 bridgehead atoms. The fourth-order valence-electron chi connectivity index (χ4n) is 2.56. The van der Waals surface area contributed by atoms with Gasteiger partial charge in [0.15, 0.2) is 5.16 Å². The molecule has 0 aliphatic carbocycles. The summed E-state index contributed by atoms with van der Waals surface area (Å²) in [5, 5.41) is 12.0. The second-order valence-electron chi connectivity index (χ2n) is 5.77. The Kier molecular flexibility index (Phi) is 6.47. The number of carbonyl (C=O) groups excluding carboxylic acids is 1. The molecule has 2 aromatic carbocycles. The predicted molar refractivity (Wildman–Crippen MR) is 106 cm³/mol. The van der Waals surface area contributed by atoms with E-state index in [0.717, 1.165) is 11.4 Å². The van der Waals surface area contributed by atoms with E-state index >= 15 is 0 Å². The van der Waals surface area contributed by atoms with Gasteiger partial charge >= 0.3 is 0 Å². The number of benzene rings is 2. The van der Waals surface area contributed by atoms with Crippen LogP contribution in [0.5, 0.6) is 0 Å². The summed E-state index contributed by atoms with van der Waals surface area (Å²) in [6.45, 7) is 2.70. The summed E-state index contributed by atoms with van der Waals surface area (Å²) in [6, 6.07) is 14.0. The third-order valence-electron chi connectivity index (χ3n) is 3.85. The van der Waals surface area contributed by atoms with Gasteiger partial charge in [0, 0.05) is 18.0 Å². The van der Waals surface area contributed by atoms with Crippen LogP contribution in [0.15, 0.2) is 53.7 Å². The molecule has 0 fully saturated rings. The van der Waals surface area contributed by atoms with Crippen molar-refractivity contribution in [1.29, 1.82) is 0 Å². The fourth-order valence-corrected chi connectivity index (χ4v) is 3.56. The van der Waals surface area contributed by atoms with Gasteiger partial charge in [-0.25, -0.2) is 4.39 Å². The molecule has 0 atom stereocenters. The van der Waals surface area contributed by atoms with Crippen LogP contribution in [-0.2, 0) is 17.8 Å². The van der Waals surface area contributed by atoms with Crippen molar-refractivity contribution in [2.24, 2.45) is 0 Å². The zero-order chi connectivity index (χ0) is 19.2. The number of rotatable bonds is 7. The van der Waals surface area contributed by atoms with Gasteiger partial charge in [-0.3, -0.25) is 4.79 Å². The van der Waals surface area contributed by atoms with Gasteiger partial charge in [-0.1, -0.05) is 53.7 Å². The summed E-state index contributed by atoms with van der Waals surface area (Å²) in [4.78, 5) is 12.1. The standard InChI is InChI=1S/C19H18ClFN4OS/c1-2-25-17(10-13-6-4-3-5-7-13)23-24-19(25)27-12-18(26)22-16-11-14(20)8-9-15(16)21/h3-9,11H,2,10,12H2,1H3,(H,22,26). The Morgan fingerprint density at radius 1 is 1.22 bits per heavy atom. The number of halogens is 2. The summed E-state index contributed by atoms with van der Waals surface area (Å²) in [5.41, 5.74) is 1.21. The molecule has 0 saturated heterocycles. The number of nitrogens with zero attached hydrogens (tertiary/aromatic N) is 3. The molecule has 1 heterocycles. The van der Waals surface area contributed by atoms with Crippen molar-refractivity contribution in [2.75, 3.05) is 11.1 Å². The van der Waals surface area contributed by atoms with Crippen molar-refractivity contribution in [3.63, 3.8) is 0 Å². The topological polar surface area (TPSA) is 59.8 Å². The first-order chi connectivity index (χ1) is 13.1. The second-order valence-corrected chi connectivity index (χ2v) is 7.15. The normalized spacial score (nSPS) is 10.8. The van der Waals surface area contributed by atoms with Crippen molar-refractivity contribution >= 4 is 35.0 Å². The minimum atomic E-state index is -0.528. The number of thioether (sulfide) groups is 1. The molecule has 0 aliphatic rings. The number of hydrogen-bond donors (Lipinski definition) is 1. The largest absolute Gasteiger partial charge is 0.323 e. The van der Waals surface area contributed by atoms with Crippen LogP contribution in [0.3, 0.4) is 0 Å². The van der Waals surface area contributed by atoms with Gasteiger partial charge in [0.05, 0.1) is 11.4 Å². The molecular weight excluding hydrogens is 387 g/mol. The van der Waals surface area contributed by atoms with E-state index in [4.69, 9.17) is 11.6 Å². The van der Waals surface area contributed by atoms with Crippen molar-refractivity contribution in [1.82, 2.24) is 14.8 Å².